The summed E-state index contributed by atoms with van der Waals surface area (Å²) in [4.78, 5) is 12.6. The first kappa shape index (κ1) is 15.3. The van der Waals surface area contributed by atoms with Gasteiger partial charge < -0.3 is 20.7 Å². The molecule has 0 spiro atoms. The molecule has 1 fully saturated rings. The summed E-state index contributed by atoms with van der Waals surface area (Å²) in [6.45, 7) is 4.76. The van der Waals surface area contributed by atoms with Crippen molar-refractivity contribution in [2.45, 2.75) is 25.1 Å². The van der Waals surface area contributed by atoms with Crippen LogP contribution in [0.3, 0.4) is 0 Å². The van der Waals surface area contributed by atoms with E-state index in [0.29, 0.717) is 6.54 Å². The Bertz CT molecular complexity index is 246. The van der Waals surface area contributed by atoms with Crippen molar-refractivity contribution in [3.05, 3.63) is 0 Å². The molecule has 0 amide bonds. The number of rotatable bonds is 8. The van der Waals surface area contributed by atoms with Crippen LogP contribution < -0.4 is 11.1 Å². The van der Waals surface area contributed by atoms with Crippen LogP contribution in [0, 0.1) is 0 Å². The van der Waals surface area contributed by atoms with Gasteiger partial charge in [0.1, 0.15) is 6.23 Å². The molecule has 1 heterocycles. The van der Waals surface area contributed by atoms with Crippen molar-refractivity contribution in [2.75, 3.05) is 39.4 Å². The molecule has 7 heteroatoms. The number of carboxylic acid groups (broad SMARTS) is 1. The lowest BCUT2D eigenvalue weighted by Crippen LogP contribution is -2.48. The third kappa shape index (κ3) is 6.27. The highest BCUT2D eigenvalue weighted by atomic mass is 16.5. The quantitative estimate of drug-likeness (QED) is 0.390. The zero-order valence-corrected chi connectivity index (χ0v) is 10.5. The highest BCUT2D eigenvalue weighted by molar-refractivity contribution is 5.66. The molecule has 0 radical (unpaired) electrons. The number of aliphatic carboxylic acids is 1. The Morgan fingerprint density at radius 2 is 2.11 bits per heavy atom. The van der Waals surface area contributed by atoms with Crippen molar-refractivity contribution < 1.29 is 19.7 Å². The maximum absolute atomic E-state index is 10.4. The first-order valence-electron chi connectivity index (χ1n) is 6.28. The van der Waals surface area contributed by atoms with Crippen molar-refractivity contribution in [1.82, 2.24) is 10.2 Å². The van der Waals surface area contributed by atoms with E-state index in [-0.39, 0.29) is 12.8 Å². The zero-order chi connectivity index (χ0) is 13.4. The highest BCUT2D eigenvalue weighted by Gasteiger charge is 2.16. The molecule has 5 N–H and O–H groups in total. The fourth-order valence-corrected chi connectivity index (χ4v) is 1.79. The van der Waals surface area contributed by atoms with Crippen LogP contribution in [-0.2, 0) is 9.53 Å². The summed E-state index contributed by atoms with van der Waals surface area (Å²) in [7, 11) is 0. The van der Waals surface area contributed by atoms with Gasteiger partial charge in [-0.15, -0.1) is 0 Å². The molecule has 18 heavy (non-hydrogen) atoms. The molecule has 0 bridgehead atoms. The predicted octanol–water partition coefficient (Wildman–Crippen LogP) is -1.58. The van der Waals surface area contributed by atoms with Gasteiger partial charge in [0.15, 0.2) is 0 Å². The van der Waals surface area contributed by atoms with Crippen molar-refractivity contribution in [3.8, 4) is 0 Å². The van der Waals surface area contributed by atoms with Crippen LogP contribution in [0.25, 0.3) is 0 Å². The number of nitrogens with zero attached hydrogens (tertiary/aromatic N) is 1. The molecule has 0 aromatic rings. The number of nitrogens with one attached hydrogen (secondary N) is 1. The number of ether oxygens (including phenoxy) is 1. The van der Waals surface area contributed by atoms with Crippen molar-refractivity contribution in [2.24, 2.45) is 5.73 Å². The first-order valence-corrected chi connectivity index (χ1v) is 6.28. The molecule has 1 saturated heterocycles. The SMILES string of the molecule is NC(CCC(=O)O)C(O)NCCN1CCOCC1. The Kier molecular flexibility index (Phi) is 7.14. The van der Waals surface area contributed by atoms with E-state index in [4.69, 9.17) is 15.6 Å². The van der Waals surface area contributed by atoms with Crippen LogP contribution >= 0.6 is 0 Å². The Morgan fingerprint density at radius 3 is 2.72 bits per heavy atom. The van der Waals surface area contributed by atoms with Crippen LogP contribution in [0.2, 0.25) is 0 Å². The van der Waals surface area contributed by atoms with Crippen LogP contribution in [0.5, 0.6) is 0 Å². The summed E-state index contributed by atoms with van der Waals surface area (Å²) < 4.78 is 5.23. The predicted molar refractivity (Wildman–Crippen MR) is 66.1 cm³/mol. The van der Waals surface area contributed by atoms with Crippen molar-refractivity contribution in [1.29, 1.82) is 0 Å². The summed E-state index contributed by atoms with van der Waals surface area (Å²) >= 11 is 0. The minimum atomic E-state index is -0.897. The number of morpholine rings is 1. The highest BCUT2D eigenvalue weighted by Crippen LogP contribution is 1.99. The van der Waals surface area contributed by atoms with Crippen LogP contribution in [-0.4, -0.2) is 72.7 Å². The third-order valence-corrected chi connectivity index (χ3v) is 2.98. The van der Waals surface area contributed by atoms with Gasteiger partial charge in [0, 0.05) is 38.6 Å². The molecule has 106 valence electrons. The molecule has 0 aliphatic carbocycles. The Hall–Kier alpha value is -0.730. The molecule has 2 unspecified atom stereocenters. The van der Waals surface area contributed by atoms with Gasteiger partial charge in [-0.1, -0.05) is 0 Å². The van der Waals surface area contributed by atoms with Gasteiger partial charge in [0.25, 0.3) is 0 Å². The molecule has 7 nitrogen and oxygen atoms in total. The number of aliphatic hydroxyl groups excluding tert-OH is 1. The summed E-state index contributed by atoms with van der Waals surface area (Å²) in [6, 6.07) is -0.550. The number of hydrogen-bond donors (Lipinski definition) is 4. The monoisotopic (exact) mass is 261 g/mol. The summed E-state index contributed by atoms with van der Waals surface area (Å²) in [5.41, 5.74) is 5.68. The Balaban J connectivity index is 2.07. The lowest BCUT2D eigenvalue weighted by molar-refractivity contribution is -0.137. The number of carbonyl (C=O) groups is 1. The largest absolute Gasteiger partial charge is 0.481 e. The molecule has 0 saturated carbocycles. The summed E-state index contributed by atoms with van der Waals surface area (Å²) in [6.07, 6.45) is -0.616. The Labute approximate surface area is 107 Å². The van der Waals surface area contributed by atoms with E-state index in [2.05, 4.69) is 10.2 Å². The fraction of sp³-hybridized carbons (Fsp3) is 0.909. The number of aliphatic hydroxyl groups is 1. The average molecular weight is 261 g/mol. The zero-order valence-electron chi connectivity index (χ0n) is 10.5. The normalized spacial score (nSPS) is 20.6. The van der Waals surface area contributed by atoms with Gasteiger partial charge in [-0.25, -0.2) is 0 Å². The third-order valence-electron chi connectivity index (χ3n) is 2.98. The molecular formula is C11H23N3O4. The van der Waals surface area contributed by atoms with Crippen LogP contribution in [0.15, 0.2) is 0 Å². The minimum Gasteiger partial charge on any atom is -0.481 e. The van der Waals surface area contributed by atoms with E-state index in [1.807, 2.05) is 0 Å². The maximum Gasteiger partial charge on any atom is 0.303 e. The molecule has 1 aliphatic heterocycles. The van der Waals surface area contributed by atoms with Gasteiger partial charge in [0.05, 0.1) is 13.2 Å². The molecule has 2 atom stereocenters. The summed E-state index contributed by atoms with van der Waals surface area (Å²) in [5.74, 6) is -0.897. The van der Waals surface area contributed by atoms with Crippen molar-refractivity contribution in [3.63, 3.8) is 0 Å². The van der Waals surface area contributed by atoms with E-state index in [9.17, 15) is 9.90 Å². The van der Waals surface area contributed by atoms with E-state index in [1.54, 1.807) is 0 Å². The first-order chi connectivity index (χ1) is 8.59. The van der Waals surface area contributed by atoms with E-state index in [1.165, 1.54) is 0 Å². The molecule has 1 aliphatic rings. The van der Waals surface area contributed by atoms with E-state index in [0.717, 1.165) is 32.8 Å². The second kappa shape index (κ2) is 8.39. The smallest absolute Gasteiger partial charge is 0.303 e. The Morgan fingerprint density at radius 1 is 1.44 bits per heavy atom. The maximum atomic E-state index is 10.4. The van der Waals surface area contributed by atoms with Crippen LogP contribution in [0.4, 0.5) is 0 Å². The molecular weight excluding hydrogens is 238 g/mol. The second-order valence-electron chi connectivity index (χ2n) is 4.45. The van der Waals surface area contributed by atoms with Gasteiger partial charge in [-0.05, 0) is 6.42 Å². The average Bonchev–Trinajstić information content (AvgIpc) is 2.37. The van der Waals surface area contributed by atoms with E-state index >= 15 is 0 Å². The topological polar surface area (TPSA) is 108 Å². The van der Waals surface area contributed by atoms with Gasteiger partial charge in [0.2, 0.25) is 0 Å². The van der Waals surface area contributed by atoms with Gasteiger partial charge in [-0.2, -0.15) is 0 Å². The fourth-order valence-electron chi connectivity index (χ4n) is 1.79. The van der Waals surface area contributed by atoms with Crippen LogP contribution in [0.1, 0.15) is 12.8 Å². The number of nitrogens with two attached hydrogens (primary N) is 1. The minimum absolute atomic E-state index is 0.0244. The molecule has 1 rings (SSSR count). The standard InChI is InChI=1S/C11H23N3O4/c12-9(1-2-10(15)16)11(17)13-3-4-14-5-7-18-8-6-14/h9,11,13,17H,1-8,12H2,(H,15,16). The van der Waals surface area contributed by atoms with E-state index < -0.39 is 18.2 Å². The van der Waals surface area contributed by atoms with Crippen molar-refractivity contribution >= 4 is 5.97 Å². The summed E-state index contributed by atoms with van der Waals surface area (Å²) in [5, 5.41) is 21.1. The number of carboxylic acids is 1. The molecule has 0 aromatic heterocycles. The van der Waals surface area contributed by atoms with Gasteiger partial charge >= 0.3 is 5.97 Å². The lowest BCUT2D eigenvalue weighted by Gasteiger charge is -2.27. The number of hydrogen-bond acceptors (Lipinski definition) is 6. The second-order valence-corrected chi connectivity index (χ2v) is 4.45. The molecule has 0 aromatic carbocycles. The van der Waals surface area contributed by atoms with Gasteiger partial charge in [-0.3, -0.25) is 15.0 Å². The lowest BCUT2D eigenvalue weighted by atomic mass is 10.1.